The SMILES string of the molecule is CCOc1ccc(N=C2S/C(=C\c3cc(OC)c(OC)c(OC)c3)C(=O)N2CC)cc1. The van der Waals surface area contributed by atoms with Crippen LogP contribution in [0, 0.1) is 0 Å². The molecule has 1 aliphatic heterocycles. The molecule has 1 saturated heterocycles. The van der Waals surface area contributed by atoms with Crippen LogP contribution in [-0.2, 0) is 4.79 Å². The molecule has 1 amide bonds. The smallest absolute Gasteiger partial charge is 0.266 e. The van der Waals surface area contributed by atoms with Crippen molar-refractivity contribution >= 4 is 34.6 Å². The number of nitrogens with zero attached hydrogens (tertiary/aromatic N) is 2. The Balaban J connectivity index is 1.93. The summed E-state index contributed by atoms with van der Waals surface area (Å²) in [5, 5.41) is 0.635. The van der Waals surface area contributed by atoms with Gasteiger partial charge in [0.1, 0.15) is 5.75 Å². The van der Waals surface area contributed by atoms with Gasteiger partial charge in [-0.15, -0.1) is 0 Å². The summed E-state index contributed by atoms with van der Waals surface area (Å²) < 4.78 is 21.7. The highest BCUT2D eigenvalue weighted by Crippen LogP contribution is 2.40. The number of rotatable bonds is 8. The van der Waals surface area contributed by atoms with Gasteiger partial charge in [-0.2, -0.15) is 0 Å². The first-order valence-electron chi connectivity index (χ1n) is 9.87. The number of hydrogen-bond acceptors (Lipinski definition) is 7. The molecule has 1 fully saturated rings. The number of thioether (sulfide) groups is 1. The van der Waals surface area contributed by atoms with Gasteiger partial charge in [-0.25, -0.2) is 4.99 Å². The second kappa shape index (κ2) is 10.3. The summed E-state index contributed by atoms with van der Waals surface area (Å²) in [5.74, 6) is 2.26. The summed E-state index contributed by atoms with van der Waals surface area (Å²) in [6.07, 6.45) is 1.81. The predicted molar refractivity (Wildman–Crippen MR) is 124 cm³/mol. The molecule has 0 saturated carbocycles. The quantitative estimate of drug-likeness (QED) is 0.550. The molecule has 0 unspecified atom stereocenters. The third-order valence-corrected chi connectivity index (χ3v) is 5.57. The average molecular weight is 443 g/mol. The fourth-order valence-corrected chi connectivity index (χ4v) is 4.16. The lowest BCUT2D eigenvalue weighted by atomic mass is 10.1. The molecule has 31 heavy (non-hydrogen) atoms. The zero-order valence-corrected chi connectivity index (χ0v) is 19.1. The molecule has 2 aromatic rings. The van der Waals surface area contributed by atoms with Crippen LogP contribution >= 0.6 is 11.8 Å². The second-order valence-corrected chi connectivity index (χ2v) is 7.45. The molecule has 1 aliphatic rings. The van der Waals surface area contributed by atoms with E-state index in [0.717, 1.165) is 17.0 Å². The normalized spacial score (nSPS) is 16.2. The van der Waals surface area contributed by atoms with E-state index in [0.29, 0.717) is 40.5 Å². The van der Waals surface area contributed by atoms with E-state index in [1.807, 2.05) is 38.1 Å². The molecule has 3 rings (SSSR count). The Hall–Kier alpha value is -3.13. The number of amides is 1. The van der Waals surface area contributed by atoms with Crippen molar-refractivity contribution in [3.63, 3.8) is 0 Å². The second-order valence-electron chi connectivity index (χ2n) is 6.44. The van der Waals surface area contributed by atoms with E-state index in [1.54, 1.807) is 44.4 Å². The molecule has 0 aromatic heterocycles. The molecule has 0 atom stereocenters. The van der Waals surface area contributed by atoms with Crippen LogP contribution in [0.5, 0.6) is 23.0 Å². The van der Waals surface area contributed by atoms with Gasteiger partial charge in [-0.3, -0.25) is 9.69 Å². The van der Waals surface area contributed by atoms with E-state index in [9.17, 15) is 4.79 Å². The van der Waals surface area contributed by atoms with Crippen LogP contribution in [0.3, 0.4) is 0 Å². The van der Waals surface area contributed by atoms with E-state index in [1.165, 1.54) is 11.8 Å². The summed E-state index contributed by atoms with van der Waals surface area (Å²) in [7, 11) is 4.67. The Morgan fingerprint density at radius 1 is 1.00 bits per heavy atom. The lowest BCUT2D eigenvalue weighted by Crippen LogP contribution is -2.28. The molecular formula is C23H26N2O5S. The van der Waals surface area contributed by atoms with Crippen molar-refractivity contribution in [1.82, 2.24) is 4.90 Å². The van der Waals surface area contributed by atoms with Crippen molar-refractivity contribution in [2.45, 2.75) is 13.8 Å². The summed E-state index contributed by atoms with van der Waals surface area (Å²) in [4.78, 5) is 19.9. The molecular weight excluding hydrogens is 416 g/mol. The number of methoxy groups -OCH3 is 3. The van der Waals surface area contributed by atoms with Crippen LogP contribution in [-0.4, -0.2) is 50.5 Å². The van der Waals surface area contributed by atoms with Gasteiger partial charge >= 0.3 is 0 Å². The number of carbonyl (C=O) groups excluding carboxylic acids is 1. The van der Waals surface area contributed by atoms with Crippen molar-refractivity contribution < 1.29 is 23.7 Å². The molecule has 0 bridgehead atoms. The number of ether oxygens (including phenoxy) is 4. The molecule has 7 nitrogen and oxygen atoms in total. The van der Waals surface area contributed by atoms with Crippen molar-refractivity contribution in [1.29, 1.82) is 0 Å². The largest absolute Gasteiger partial charge is 0.494 e. The Kier molecular flexibility index (Phi) is 7.46. The molecule has 8 heteroatoms. The first-order chi connectivity index (χ1) is 15.0. The van der Waals surface area contributed by atoms with Gasteiger partial charge in [0.05, 0.1) is 38.5 Å². The van der Waals surface area contributed by atoms with Gasteiger partial charge < -0.3 is 18.9 Å². The molecule has 0 aliphatic carbocycles. The van der Waals surface area contributed by atoms with Crippen molar-refractivity contribution in [2.75, 3.05) is 34.5 Å². The van der Waals surface area contributed by atoms with E-state index in [-0.39, 0.29) is 5.91 Å². The van der Waals surface area contributed by atoms with Crippen LogP contribution in [0.25, 0.3) is 6.08 Å². The van der Waals surface area contributed by atoms with Gasteiger partial charge in [0.25, 0.3) is 5.91 Å². The Morgan fingerprint density at radius 2 is 1.65 bits per heavy atom. The fraction of sp³-hybridized carbons (Fsp3) is 0.304. The summed E-state index contributed by atoms with van der Waals surface area (Å²) in [6, 6.07) is 11.1. The maximum atomic E-state index is 13.0. The van der Waals surface area contributed by atoms with Crippen molar-refractivity contribution in [3.8, 4) is 23.0 Å². The monoisotopic (exact) mass is 442 g/mol. The standard InChI is InChI=1S/C23H26N2O5S/c1-6-25-22(26)20(14-15-12-18(27-3)21(29-5)19(13-15)28-4)31-23(25)24-16-8-10-17(11-9-16)30-7-2/h8-14H,6-7H2,1-5H3/b20-14-,24-23?. The van der Waals surface area contributed by atoms with Gasteiger partial charge in [0.15, 0.2) is 16.7 Å². The van der Waals surface area contributed by atoms with E-state index in [2.05, 4.69) is 4.99 Å². The molecule has 0 spiro atoms. The Bertz CT molecular complexity index is 977. The van der Waals surface area contributed by atoms with Crippen LogP contribution < -0.4 is 18.9 Å². The number of benzene rings is 2. The number of amidine groups is 1. The van der Waals surface area contributed by atoms with Gasteiger partial charge in [-0.1, -0.05) is 0 Å². The third kappa shape index (κ3) is 4.96. The zero-order chi connectivity index (χ0) is 22.4. The van der Waals surface area contributed by atoms with Gasteiger partial charge in [0.2, 0.25) is 5.75 Å². The minimum atomic E-state index is -0.0917. The summed E-state index contributed by atoms with van der Waals surface area (Å²) >= 11 is 1.34. The maximum absolute atomic E-state index is 13.0. The average Bonchev–Trinajstić information content (AvgIpc) is 3.08. The van der Waals surface area contributed by atoms with Crippen LogP contribution in [0.4, 0.5) is 5.69 Å². The zero-order valence-electron chi connectivity index (χ0n) is 18.3. The number of likely N-dealkylation sites (N-methyl/N-ethyl adjacent to an activating group) is 1. The molecule has 0 N–H and O–H groups in total. The lowest BCUT2D eigenvalue weighted by molar-refractivity contribution is -0.122. The number of hydrogen-bond donors (Lipinski definition) is 0. The fourth-order valence-electron chi connectivity index (χ4n) is 3.10. The molecule has 1 heterocycles. The minimum absolute atomic E-state index is 0.0917. The lowest BCUT2D eigenvalue weighted by Gasteiger charge is -2.13. The highest BCUT2D eigenvalue weighted by atomic mass is 32.2. The Morgan fingerprint density at radius 3 is 2.16 bits per heavy atom. The van der Waals surface area contributed by atoms with Crippen LogP contribution in [0.15, 0.2) is 46.3 Å². The summed E-state index contributed by atoms with van der Waals surface area (Å²) in [6.45, 7) is 5.00. The number of carbonyl (C=O) groups is 1. The summed E-state index contributed by atoms with van der Waals surface area (Å²) in [5.41, 5.74) is 1.52. The van der Waals surface area contributed by atoms with E-state index in [4.69, 9.17) is 18.9 Å². The molecule has 0 radical (unpaired) electrons. The highest BCUT2D eigenvalue weighted by Gasteiger charge is 2.32. The first kappa shape index (κ1) is 22.6. The van der Waals surface area contributed by atoms with E-state index < -0.39 is 0 Å². The highest BCUT2D eigenvalue weighted by molar-refractivity contribution is 8.18. The topological polar surface area (TPSA) is 69.6 Å². The van der Waals surface area contributed by atoms with E-state index >= 15 is 0 Å². The minimum Gasteiger partial charge on any atom is -0.494 e. The van der Waals surface area contributed by atoms with Crippen molar-refractivity contribution in [2.24, 2.45) is 4.99 Å². The van der Waals surface area contributed by atoms with Crippen LogP contribution in [0.2, 0.25) is 0 Å². The third-order valence-electron chi connectivity index (χ3n) is 4.56. The Labute approximate surface area is 186 Å². The van der Waals surface area contributed by atoms with Gasteiger partial charge in [-0.05, 0) is 73.6 Å². The predicted octanol–water partition coefficient (Wildman–Crippen LogP) is 4.74. The number of aliphatic imine (C=N–C) groups is 1. The van der Waals surface area contributed by atoms with Crippen LogP contribution in [0.1, 0.15) is 19.4 Å². The first-order valence-corrected chi connectivity index (χ1v) is 10.7. The van der Waals surface area contributed by atoms with Gasteiger partial charge in [0, 0.05) is 6.54 Å². The van der Waals surface area contributed by atoms with Crippen molar-refractivity contribution in [3.05, 3.63) is 46.9 Å². The molecule has 2 aromatic carbocycles. The molecule has 164 valence electrons. The maximum Gasteiger partial charge on any atom is 0.266 e.